The van der Waals surface area contributed by atoms with Crippen LogP contribution in [0.5, 0.6) is 11.5 Å². The molecular weight excluding hydrogens is 176 g/mol. The first-order valence-electron chi connectivity index (χ1n) is 5.07. The van der Waals surface area contributed by atoms with E-state index >= 15 is 0 Å². The Labute approximate surface area is 85.5 Å². The molecule has 0 spiro atoms. The summed E-state index contributed by atoms with van der Waals surface area (Å²) in [5, 5.41) is 9.11. The number of phenols is 1. The van der Waals surface area contributed by atoms with Crippen molar-refractivity contribution in [3.63, 3.8) is 0 Å². The van der Waals surface area contributed by atoms with Crippen LogP contribution in [0.3, 0.4) is 0 Å². The van der Waals surface area contributed by atoms with E-state index in [0.717, 1.165) is 18.6 Å². The van der Waals surface area contributed by atoms with Crippen LogP contribution in [0.4, 0.5) is 0 Å². The Balaban J connectivity index is 2.72. The molecule has 0 radical (unpaired) electrons. The van der Waals surface area contributed by atoms with Gasteiger partial charge in [-0.05, 0) is 44.0 Å². The number of hydrogen-bond donors (Lipinski definition) is 1. The van der Waals surface area contributed by atoms with Crippen LogP contribution < -0.4 is 4.74 Å². The highest BCUT2D eigenvalue weighted by molar-refractivity contribution is 5.30. The van der Waals surface area contributed by atoms with Crippen molar-refractivity contribution in [1.29, 1.82) is 0 Å². The number of hydrogen-bond acceptors (Lipinski definition) is 2. The van der Waals surface area contributed by atoms with Gasteiger partial charge < -0.3 is 9.84 Å². The quantitative estimate of drug-likeness (QED) is 0.796. The van der Waals surface area contributed by atoms with Gasteiger partial charge in [-0.1, -0.05) is 13.8 Å². The van der Waals surface area contributed by atoms with Crippen LogP contribution in [-0.2, 0) is 0 Å². The van der Waals surface area contributed by atoms with Gasteiger partial charge in [0.2, 0.25) is 0 Å². The molecule has 0 aliphatic heterocycles. The first kappa shape index (κ1) is 10.9. The molecule has 1 N–H and O–H groups in total. The first-order valence-corrected chi connectivity index (χ1v) is 5.07. The number of ether oxygens (including phenoxy) is 1. The van der Waals surface area contributed by atoms with E-state index in [1.165, 1.54) is 0 Å². The fraction of sp³-hybridized carbons (Fsp3) is 0.500. The van der Waals surface area contributed by atoms with Gasteiger partial charge in [0.05, 0.1) is 0 Å². The second-order valence-electron chi connectivity index (χ2n) is 3.75. The molecule has 0 aromatic heterocycles. The molecule has 1 aromatic carbocycles. The summed E-state index contributed by atoms with van der Waals surface area (Å²) >= 11 is 0. The number of aromatic hydroxyl groups is 1. The zero-order valence-corrected chi connectivity index (χ0v) is 9.08. The second-order valence-corrected chi connectivity index (χ2v) is 3.75. The van der Waals surface area contributed by atoms with Crippen LogP contribution in [0.1, 0.15) is 33.6 Å². The number of benzene rings is 1. The average molecular weight is 194 g/mol. The Kier molecular flexibility index (Phi) is 3.39. The molecule has 1 aromatic rings. The molecule has 0 unspecified atom stereocenters. The van der Waals surface area contributed by atoms with E-state index in [0.29, 0.717) is 0 Å². The van der Waals surface area contributed by atoms with Gasteiger partial charge >= 0.3 is 0 Å². The van der Waals surface area contributed by atoms with Crippen LogP contribution in [0.2, 0.25) is 0 Å². The molecule has 0 heterocycles. The fourth-order valence-corrected chi connectivity index (χ4v) is 1.19. The Morgan fingerprint density at radius 3 is 2.07 bits per heavy atom. The maximum atomic E-state index is 9.11. The summed E-state index contributed by atoms with van der Waals surface area (Å²) in [6.07, 6.45) is 1.95. The van der Waals surface area contributed by atoms with Gasteiger partial charge in [-0.25, -0.2) is 0 Å². The lowest BCUT2D eigenvalue weighted by atomic mass is 10.00. The van der Waals surface area contributed by atoms with E-state index in [9.17, 15) is 0 Å². The third-order valence-corrected chi connectivity index (χ3v) is 2.70. The molecule has 2 nitrogen and oxygen atoms in total. The third-order valence-electron chi connectivity index (χ3n) is 2.70. The summed E-state index contributed by atoms with van der Waals surface area (Å²) in [6, 6.07) is 6.86. The maximum Gasteiger partial charge on any atom is 0.120 e. The summed E-state index contributed by atoms with van der Waals surface area (Å²) in [7, 11) is 0. The molecule has 0 bridgehead atoms. The van der Waals surface area contributed by atoms with Gasteiger partial charge in [0, 0.05) is 0 Å². The zero-order chi connectivity index (χ0) is 10.6. The van der Waals surface area contributed by atoms with Crippen molar-refractivity contribution in [3.05, 3.63) is 24.3 Å². The van der Waals surface area contributed by atoms with Gasteiger partial charge in [-0.2, -0.15) is 0 Å². The molecule has 0 saturated carbocycles. The highest BCUT2D eigenvalue weighted by Gasteiger charge is 2.21. The van der Waals surface area contributed by atoms with E-state index in [-0.39, 0.29) is 11.4 Å². The lowest BCUT2D eigenvalue weighted by molar-refractivity contribution is 0.0802. The molecule has 0 fully saturated rings. The molecule has 0 amide bonds. The van der Waals surface area contributed by atoms with Crippen LogP contribution in [-0.4, -0.2) is 10.7 Å². The smallest absolute Gasteiger partial charge is 0.120 e. The van der Waals surface area contributed by atoms with Crippen molar-refractivity contribution in [2.75, 3.05) is 0 Å². The van der Waals surface area contributed by atoms with Crippen molar-refractivity contribution >= 4 is 0 Å². The lowest BCUT2D eigenvalue weighted by Crippen LogP contribution is -2.30. The van der Waals surface area contributed by atoms with E-state index in [2.05, 4.69) is 20.8 Å². The minimum absolute atomic E-state index is 0.100. The van der Waals surface area contributed by atoms with E-state index < -0.39 is 0 Å². The van der Waals surface area contributed by atoms with Gasteiger partial charge in [0.15, 0.2) is 0 Å². The van der Waals surface area contributed by atoms with E-state index in [4.69, 9.17) is 9.84 Å². The van der Waals surface area contributed by atoms with Crippen molar-refractivity contribution in [2.24, 2.45) is 0 Å². The zero-order valence-electron chi connectivity index (χ0n) is 9.08. The minimum Gasteiger partial charge on any atom is -0.508 e. The molecule has 0 aliphatic rings. The summed E-state index contributed by atoms with van der Waals surface area (Å²) < 4.78 is 5.84. The Morgan fingerprint density at radius 2 is 1.64 bits per heavy atom. The van der Waals surface area contributed by atoms with Crippen molar-refractivity contribution in [2.45, 2.75) is 39.2 Å². The standard InChI is InChI=1S/C12H18O2/c1-4-12(3,5-2)14-11-8-6-10(13)7-9-11/h6-9,13H,4-5H2,1-3H3. The third kappa shape index (κ3) is 2.66. The summed E-state index contributed by atoms with van der Waals surface area (Å²) in [5.41, 5.74) is -0.100. The molecule has 14 heavy (non-hydrogen) atoms. The highest BCUT2D eigenvalue weighted by Crippen LogP contribution is 2.25. The molecule has 0 atom stereocenters. The van der Waals surface area contributed by atoms with Gasteiger partial charge in [0.1, 0.15) is 17.1 Å². The molecule has 1 rings (SSSR count). The van der Waals surface area contributed by atoms with Crippen LogP contribution in [0.15, 0.2) is 24.3 Å². The van der Waals surface area contributed by atoms with Crippen LogP contribution in [0, 0.1) is 0 Å². The monoisotopic (exact) mass is 194 g/mol. The fourth-order valence-electron chi connectivity index (χ4n) is 1.19. The summed E-state index contributed by atoms with van der Waals surface area (Å²) in [5.74, 6) is 1.08. The predicted octanol–water partition coefficient (Wildman–Crippen LogP) is 3.35. The second kappa shape index (κ2) is 4.36. The SMILES string of the molecule is CCC(C)(CC)Oc1ccc(O)cc1. The number of phenolic OH excluding ortho intramolecular Hbond substituents is 1. The van der Waals surface area contributed by atoms with E-state index in [1.54, 1.807) is 24.3 Å². The predicted molar refractivity (Wildman–Crippen MR) is 57.7 cm³/mol. The van der Waals surface area contributed by atoms with Gasteiger partial charge in [-0.3, -0.25) is 0 Å². The van der Waals surface area contributed by atoms with Gasteiger partial charge in [-0.15, -0.1) is 0 Å². The summed E-state index contributed by atoms with van der Waals surface area (Å²) in [4.78, 5) is 0. The number of rotatable bonds is 4. The first-order chi connectivity index (χ1) is 6.59. The Morgan fingerprint density at radius 1 is 1.14 bits per heavy atom. The van der Waals surface area contributed by atoms with Crippen LogP contribution in [0.25, 0.3) is 0 Å². The highest BCUT2D eigenvalue weighted by atomic mass is 16.5. The molecule has 0 saturated heterocycles. The molecule has 0 aliphatic carbocycles. The van der Waals surface area contributed by atoms with Crippen molar-refractivity contribution in [1.82, 2.24) is 0 Å². The molecule has 78 valence electrons. The lowest BCUT2D eigenvalue weighted by Gasteiger charge is -2.28. The maximum absolute atomic E-state index is 9.11. The Hall–Kier alpha value is -1.18. The normalized spacial score (nSPS) is 11.4. The Bertz CT molecular complexity index is 273. The van der Waals surface area contributed by atoms with Crippen LogP contribution >= 0.6 is 0 Å². The molecule has 2 heteroatoms. The van der Waals surface area contributed by atoms with Crippen molar-refractivity contribution < 1.29 is 9.84 Å². The average Bonchev–Trinajstić information content (AvgIpc) is 2.21. The molecular formula is C12H18O2. The van der Waals surface area contributed by atoms with Crippen molar-refractivity contribution in [3.8, 4) is 11.5 Å². The largest absolute Gasteiger partial charge is 0.508 e. The van der Waals surface area contributed by atoms with Gasteiger partial charge in [0.25, 0.3) is 0 Å². The minimum atomic E-state index is -0.100. The summed E-state index contributed by atoms with van der Waals surface area (Å²) in [6.45, 7) is 6.33. The van der Waals surface area contributed by atoms with E-state index in [1.807, 2.05) is 0 Å². The topological polar surface area (TPSA) is 29.5 Å².